The molecule has 1 aromatic heterocycles. The first kappa shape index (κ1) is 12.0. The van der Waals surface area contributed by atoms with Crippen molar-refractivity contribution in [3.63, 3.8) is 0 Å². The zero-order valence-electron chi connectivity index (χ0n) is 12.0. The summed E-state index contributed by atoms with van der Waals surface area (Å²) in [5.41, 5.74) is 1.74. The molecule has 0 saturated heterocycles. The predicted molar refractivity (Wildman–Crippen MR) is 82.0 cm³/mol. The van der Waals surface area contributed by atoms with Crippen molar-refractivity contribution in [2.24, 2.45) is 17.8 Å². The van der Waals surface area contributed by atoms with Crippen molar-refractivity contribution in [1.82, 2.24) is 9.97 Å². The van der Waals surface area contributed by atoms with Gasteiger partial charge in [0.05, 0.1) is 16.6 Å². The van der Waals surface area contributed by atoms with Gasteiger partial charge in [-0.05, 0) is 62.0 Å². The highest BCUT2D eigenvalue weighted by molar-refractivity contribution is 5.77. The Morgan fingerprint density at radius 2 is 1.90 bits per heavy atom. The summed E-state index contributed by atoms with van der Waals surface area (Å²) in [5.74, 6) is 2.85. The summed E-state index contributed by atoms with van der Waals surface area (Å²) in [6, 6.07) is 8.62. The number of nitrogens with one attached hydrogen (secondary N) is 2. The zero-order valence-corrected chi connectivity index (χ0v) is 12.0. The van der Waals surface area contributed by atoms with Crippen molar-refractivity contribution in [1.29, 1.82) is 0 Å². The molecule has 6 rings (SSSR count). The minimum absolute atomic E-state index is 0.359. The molecule has 1 heterocycles. The third-order valence-electron chi connectivity index (χ3n) is 5.93. The molecular weight excluding hydrogens is 262 g/mol. The Morgan fingerprint density at radius 3 is 2.62 bits per heavy atom. The van der Waals surface area contributed by atoms with Gasteiger partial charge in [0.15, 0.2) is 0 Å². The average Bonchev–Trinajstić information content (AvgIpc) is 2.83. The van der Waals surface area contributed by atoms with Crippen LogP contribution in [0.25, 0.3) is 11.0 Å². The Labute approximate surface area is 124 Å². The lowest BCUT2D eigenvalue weighted by atomic mass is 9.52. The van der Waals surface area contributed by atoms with Crippen molar-refractivity contribution < 1.29 is 5.11 Å². The number of aromatic nitrogens is 2. The number of anilines is 1. The van der Waals surface area contributed by atoms with E-state index in [-0.39, 0.29) is 5.60 Å². The first-order valence-electron chi connectivity index (χ1n) is 8.12. The number of nitrogens with zero attached hydrogens (tertiary/aromatic N) is 1. The van der Waals surface area contributed by atoms with E-state index in [1.54, 1.807) is 0 Å². The summed E-state index contributed by atoms with van der Waals surface area (Å²) < 4.78 is 0. The Morgan fingerprint density at radius 1 is 1.14 bits per heavy atom. The van der Waals surface area contributed by atoms with Gasteiger partial charge in [0, 0.05) is 6.04 Å². The molecule has 4 heteroatoms. The highest BCUT2D eigenvalue weighted by atomic mass is 16.3. The number of benzene rings is 1. The highest BCUT2D eigenvalue weighted by Crippen LogP contribution is 2.56. The van der Waals surface area contributed by atoms with Crippen LogP contribution in [0.4, 0.5) is 5.95 Å². The molecule has 0 spiro atoms. The van der Waals surface area contributed by atoms with Crippen LogP contribution in [0.3, 0.4) is 0 Å². The summed E-state index contributed by atoms with van der Waals surface area (Å²) in [5, 5.41) is 14.3. The second kappa shape index (κ2) is 4.01. The first-order valence-corrected chi connectivity index (χ1v) is 8.12. The maximum Gasteiger partial charge on any atom is 0.201 e. The molecular formula is C17H21N3O. The quantitative estimate of drug-likeness (QED) is 0.794. The van der Waals surface area contributed by atoms with Gasteiger partial charge in [0.25, 0.3) is 0 Å². The molecule has 1 aromatic carbocycles. The normalized spacial score (nSPS) is 40.8. The SMILES string of the molecule is OC12CC3CC(C1)C(Nc1nc4ccccc4[nH]1)C(C3)C2. The van der Waals surface area contributed by atoms with Gasteiger partial charge in [-0.3, -0.25) is 0 Å². The van der Waals surface area contributed by atoms with Crippen molar-refractivity contribution in [3.05, 3.63) is 24.3 Å². The van der Waals surface area contributed by atoms with E-state index in [0.717, 1.165) is 42.2 Å². The maximum absolute atomic E-state index is 10.6. The maximum atomic E-state index is 10.6. The minimum Gasteiger partial charge on any atom is -0.390 e. The number of aliphatic hydroxyl groups is 1. The molecule has 3 N–H and O–H groups in total. The molecule has 4 aliphatic rings. The lowest BCUT2D eigenvalue weighted by Gasteiger charge is -2.58. The average molecular weight is 283 g/mol. The molecule has 4 aliphatic carbocycles. The largest absolute Gasteiger partial charge is 0.390 e. The van der Waals surface area contributed by atoms with Gasteiger partial charge in [-0.1, -0.05) is 12.1 Å². The van der Waals surface area contributed by atoms with E-state index >= 15 is 0 Å². The van der Waals surface area contributed by atoms with Crippen molar-refractivity contribution in [2.75, 3.05) is 5.32 Å². The van der Waals surface area contributed by atoms with Crippen LogP contribution in [0.2, 0.25) is 0 Å². The molecule has 2 atom stereocenters. The lowest BCUT2D eigenvalue weighted by molar-refractivity contribution is -0.129. The van der Waals surface area contributed by atoms with Gasteiger partial charge in [0.1, 0.15) is 0 Å². The van der Waals surface area contributed by atoms with Crippen LogP contribution < -0.4 is 5.32 Å². The van der Waals surface area contributed by atoms with Gasteiger partial charge >= 0.3 is 0 Å². The summed E-state index contributed by atoms with van der Waals surface area (Å²) in [6.45, 7) is 0. The highest BCUT2D eigenvalue weighted by Gasteiger charge is 2.54. The second-order valence-electron chi connectivity index (χ2n) is 7.47. The number of imidazole rings is 1. The fourth-order valence-electron chi connectivity index (χ4n) is 5.40. The van der Waals surface area contributed by atoms with Gasteiger partial charge in [0.2, 0.25) is 5.95 Å². The summed E-state index contributed by atoms with van der Waals surface area (Å²) in [6.07, 6.45) is 5.53. The number of para-hydroxylation sites is 2. The molecule has 4 saturated carbocycles. The molecule has 4 fully saturated rings. The Hall–Kier alpha value is -1.55. The number of rotatable bonds is 2. The van der Waals surface area contributed by atoms with Crippen LogP contribution in [0, 0.1) is 17.8 Å². The van der Waals surface area contributed by atoms with Crippen LogP contribution in [-0.4, -0.2) is 26.7 Å². The molecule has 2 unspecified atom stereocenters. The smallest absolute Gasteiger partial charge is 0.201 e. The Balaban J connectivity index is 1.43. The topological polar surface area (TPSA) is 60.9 Å². The predicted octanol–water partition coefficient (Wildman–Crippen LogP) is 2.91. The summed E-state index contributed by atoms with van der Waals surface area (Å²) >= 11 is 0. The van der Waals surface area contributed by atoms with E-state index in [2.05, 4.69) is 21.4 Å². The third-order valence-corrected chi connectivity index (χ3v) is 5.93. The van der Waals surface area contributed by atoms with Crippen molar-refractivity contribution in [2.45, 2.75) is 43.7 Å². The Kier molecular flexibility index (Phi) is 2.30. The molecule has 4 nitrogen and oxygen atoms in total. The first-order chi connectivity index (χ1) is 10.2. The lowest BCUT2D eigenvalue weighted by Crippen LogP contribution is -2.59. The number of fused-ring (bicyclic) bond motifs is 1. The van der Waals surface area contributed by atoms with Gasteiger partial charge in [-0.25, -0.2) is 4.98 Å². The van der Waals surface area contributed by atoms with E-state index in [1.807, 2.05) is 18.2 Å². The fourth-order valence-corrected chi connectivity index (χ4v) is 5.40. The summed E-state index contributed by atoms with van der Waals surface area (Å²) in [7, 11) is 0. The standard InChI is InChI=1S/C17H21N3O/c21-17-7-10-5-11(8-17)15(12(6-10)9-17)20-16-18-13-3-1-2-4-14(13)19-16/h1-4,10-12,15,21H,5-9H2,(H2,18,19,20). The number of aromatic amines is 1. The molecule has 0 radical (unpaired) electrons. The zero-order chi connectivity index (χ0) is 14.0. The van der Waals surface area contributed by atoms with E-state index in [0.29, 0.717) is 17.9 Å². The number of H-pyrrole nitrogens is 1. The van der Waals surface area contributed by atoms with Crippen LogP contribution in [0.1, 0.15) is 32.1 Å². The van der Waals surface area contributed by atoms with Crippen molar-refractivity contribution in [3.8, 4) is 0 Å². The second-order valence-corrected chi connectivity index (χ2v) is 7.47. The molecule has 2 aromatic rings. The van der Waals surface area contributed by atoms with Crippen molar-refractivity contribution >= 4 is 17.0 Å². The summed E-state index contributed by atoms with van der Waals surface area (Å²) in [4.78, 5) is 8.03. The molecule has 110 valence electrons. The number of hydrogen-bond acceptors (Lipinski definition) is 3. The fraction of sp³-hybridized carbons (Fsp3) is 0.588. The number of hydrogen-bond donors (Lipinski definition) is 3. The van der Waals surface area contributed by atoms with E-state index in [9.17, 15) is 5.11 Å². The minimum atomic E-state index is -0.359. The van der Waals surface area contributed by atoms with Crippen LogP contribution in [0.5, 0.6) is 0 Å². The third kappa shape index (κ3) is 1.81. The van der Waals surface area contributed by atoms with Crippen LogP contribution in [0.15, 0.2) is 24.3 Å². The van der Waals surface area contributed by atoms with Gasteiger partial charge in [-0.2, -0.15) is 0 Å². The molecule has 0 amide bonds. The Bertz CT molecular complexity index is 645. The monoisotopic (exact) mass is 283 g/mol. The van der Waals surface area contributed by atoms with Crippen LogP contribution >= 0.6 is 0 Å². The van der Waals surface area contributed by atoms with Gasteiger partial charge < -0.3 is 15.4 Å². The van der Waals surface area contributed by atoms with Crippen LogP contribution in [-0.2, 0) is 0 Å². The molecule has 0 aliphatic heterocycles. The molecule has 21 heavy (non-hydrogen) atoms. The van der Waals surface area contributed by atoms with E-state index in [4.69, 9.17) is 0 Å². The van der Waals surface area contributed by atoms with E-state index in [1.165, 1.54) is 12.8 Å². The van der Waals surface area contributed by atoms with E-state index < -0.39 is 0 Å². The van der Waals surface area contributed by atoms with Gasteiger partial charge in [-0.15, -0.1) is 0 Å². The molecule has 4 bridgehead atoms.